The Balaban J connectivity index is 1.34. The van der Waals surface area contributed by atoms with Crippen LogP contribution < -0.4 is 10.6 Å². The minimum Gasteiger partial charge on any atom is -0.362 e. The number of hydrogen-bond acceptors (Lipinski definition) is 7. The van der Waals surface area contributed by atoms with E-state index in [-0.39, 0.29) is 11.9 Å². The highest BCUT2D eigenvalue weighted by molar-refractivity contribution is 7.13. The average Bonchev–Trinajstić information content (AvgIpc) is 3.53. The molecule has 1 atom stereocenters. The first kappa shape index (κ1) is 20.8. The Hall–Kier alpha value is -4.05. The first-order valence-corrected chi connectivity index (χ1v) is 11.2. The number of carbonyl (C=O) groups excluding carboxylic acids is 1. The lowest BCUT2D eigenvalue weighted by atomic mass is 10.1. The second-order valence-electron chi connectivity index (χ2n) is 7.75. The van der Waals surface area contributed by atoms with Crippen LogP contribution >= 0.6 is 11.3 Å². The van der Waals surface area contributed by atoms with Crippen LogP contribution in [-0.2, 0) is 7.05 Å². The molecule has 1 aromatic carbocycles. The van der Waals surface area contributed by atoms with Crippen LogP contribution in [0.3, 0.4) is 0 Å². The lowest BCUT2D eigenvalue weighted by molar-refractivity contribution is 0.103. The highest BCUT2D eigenvalue weighted by atomic mass is 32.1. The number of fused-ring (bicyclic) bond motifs is 1. The second kappa shape index (κ2) is 8.47. The summed E-state index contributed by atoms with van der Waals surface area (Å²) in [7, 11) is 1.88. The number of rotatable bonds is 6. The van der Waals surface area contributed by atoms with Crippen molar-refractivity contribution in [2.75, 3.05) is 10.6 Å². The fourth-order valence-electron chi connectivity index (χ4n) is 3.59. The van der Waals surface area contributed by atoms with Gasteiger partial charge in [-0.15, -0.1) is 11.3 Å². The summed E-state index contributed by atoms with van der Waals surface area (Å²) >= 11 is 1.37. The summed E-state index contributed by atoms with van der Waals surface area (Å²) in [6.45, 7) is 3.92. The van der Waals surface area contributed by atoms with E-state index in [4.69, 9.17) is 4.98 Å². The van der Waals surface area contributed by atoms with E-state index in [0.717, 1.165) is 38.5 Å². The highest BCUT2D eigenvalue weighted by Crippen LogP contribution is 2.28. The molecule has 4 aromatic heterocycles. The SMILES string of the molecule is Cc1ncc(C(=O)Nc2cccc([C@H](C)Nc3cnc4[nH]cc(-c5cnn(C)c5)c4n3)c2)s1. The number of amides is 1. The summed E-state index contributed by atoms with van der Waals surface area (Å²) in [5.74, 6) is 0.499. The minimum absolute atomic E-state index is 0.0555. The van der Waals surface area contributed by atoms with E-state index in [2.05, 4.69) is 30.7 Å². The molecule has 10 heteroatoms. The third kappa shape index (κ3) is 4.33. The molecule has 0 spiro atoms. The zero-order chi connectivity index (χ0) is 22.9. The molecule has 0 saturated heterocycles. The third-order valence-electron chi connectivity index (χ3n) is 5.25. The van der Waals surface area contributed by atoms with Gasteiger partial charge < -0.3 is 15.6 Å². The van der Waals surface area contributed by atoms with Gasteiger partial charge in [0.2, 0.25) is 0 Å². The van der Waals surface area contributed by atoms with Crippen LogP contribution in [0.2, 0.25) is 0 Å². The maximum absolute atomic E-state index is 12.5. The lowest BCUT2D eigenvalue weighted by Gasteiger charge is -2.16. The van der Waals surface area contributed by atoms with Crippen LogP contribution in [0.5, 0.6) is 0 Å². The van der Waals surface area contributed by atoms with E-state index in [9.17, 15) is 4.79 Å². The Labute approximate surface area is 193 Å². The lowest BCUT2D eigenvalue weighted by Crippen LogP contribution is -2.12. The number of aromatic nitrogens is 6. The minimum atomic E-state index is -0.162. The molecular weight excluding hydrogens is 436 g/mol. The van der Waals surface area contributed by atoms with E-state index >= 15 is 0 Å². The van der Waals surface area contributed by atoms with Crippen molar-refractivity contribution in [2.24, 2.45) is 7.05 Å². The van der Waals surface area contributed by atoms with E-state index in [0.29, 0.717) is 10.7 Å². The predicted octanol–water partition coefficient (Wildman–Crippen LogP) is 4.55. The highest BCUT2D eigenvalue weighted by Gasteiger charge is 2.14. The summed E-state index contributed by atoms with van der Waals surface area (Å²) in [4.78, 5) is 29.6. The van der Waals surface area contributed by atoms with Crippen LogP contribution in [0.4, 0.5) is 11.5 Å². The molecule has 9 nitrogen and oxygen atoms in total. The number of nitrogens with one attached hydrogen (secondary N) is 3. The van der Waals surface area contributed by atoms with Crippen LogP contribution in [0, 0.1) is 6.92 Å². The van der Waals surface area contributed by atoms with Crippen LogP contribution in [0.1, 0.15) is 33.2 Å². The predicted molar refractivity (Wildman–Crippen MR) is 129 cm³/mol. The topological polar surface area (TPSA) is 113 Å². The number of thiazole rings is 1. The zero-order valence-electron chi connectivity index (χ0n) is 18.3. The number of aromatic amines is 1. The van der Waals surface area contributed by atoms with Crippen molar-refractivity contribution in [3.8, 4) is 11.1 Å². The van der Waals surface area contributed by atoms with E-state index in [1.165, 1.54) is 11.3 Å². The maximum Gasteiger partial charge on any atom is 0.267 e. The van der Waals surface area contributed by atoms with Gasteiger partial charge in [0.15, 0.2) is 5.65 Å². The molecule has 0 fully saturated rings. The normalized spacial score (nSPS) is 12.1. The molecule has 5 aromatic rings. The Morgan fingerprint density at radius 3 is 2.85 bits per heavy atom. The van der Waals surface area contributed by atoms with Gasteiger partial charge in [-0.05, 0) is 31.5 Å². The number of nitrogens with zero attached hydrogens (tertiary/aromatic N) is 5. The monoisotopic (exact) mass is 458 g/mol. The fraction of sp³-hybridized carbons (Fsp3) is 0.174. The molecule has 0 saturated carbocycles. The van der Waals surface area contributed by atoms with Gasteiger partial charge in [0.1, 0.15) is 16.2 Å². The number of anilines is 2. The molecule has 5 rings (SSSR count). The second-order valence-corrected chi connectivity index (χ2v) is 8.98. The Morgan fingerprint density at radius 1 is 1.21 bits per heavy atom. The van der Waals surface area contributed by atoms with Crippen LogP contribution in [-0.4, -0.2) is 35.6 Å². The molecule has 1 amide bonds. The van der Waals surface area contributed by atoms with Crippen LogP contribution in [0.15, 0.2) is 55.2 Å². The first-order valence-electron chi connectivity index (χ1n) is 10.4. The average molecular weight is 459 g/mol. The molecule has 166 valence electrons. The van der Waals surface area contributed by atoms with Crippen molar-refractivity contribution >= 4 is 39.9 Å². The Kier molecular flexibility index (Phi) is 5.35. The van der Waals surface area contributed by atoms with Gasteiger partial charge >= 0.3 is 0 Å². The standard InChI is InChI=1S/C23H22N8OS/c1-13(15-5-4-6-17(7-15)29-23(32)19-10-24-14(2)33-19)28-20-11-26-22-21(30-20)18(9-25-22)16-8-27-31(3)12-16/h4-13H,1-3H3,(H,25,26)(H,28,30)(H,29,32)/t13-/m0/s1. The van der Waals surface area contributed by atoms with Crippen molar-refractivity contribution < 1.29 is 4.79 Å². The molecule has 0 aliphatic heterocycles. The summed E-state index contributed by atoms with van der Waals surface area (Å²) < 4.78 is 1.76. The fourth-order valence-corrected chi connectivity index (χ4v) is 4.26. The number of hydrogen-bond donors (Lipinski definition) is 3. The summed E-state index contributed by atoms with van der Waals surface area (Å²) in [5, 5.41) is 11.5. The molecule has 3 N–H and O–H groups in total. The molecule has 0 unspecified atom stereocenters. The van der Waals surface area contributed by atoms with Crippen molar-refractivity contribution in [1.29, 1.82) is 0 Å². The van der Waals surface area contributed by atoms with Crippen LogP contribution in [0.25, 0.3) is 22.3 Å². The summed E-state index contributed by atoms with van der Waals surface area (Å²) in [6.07, 6.45) is 8.95. The molecule has 33 heavy (non-hydrogen) atoms. The van der Waals surface area contributed by atoms with Crippen molar-refractivity contribution in [3.05, 3.63) is 70.7 Å². The Bertz CT molecular complexity index is 1450. The molecular formula is C23H22N8OS. The third-order valence-corrected chi connectivity index (χ3v) is 6.16. The van der Waals surface area contributed by atoms with Crippen molar-refractivity contribution in [1.82, 2.24) is 29.7 Å². The largest absolute Gasteiger partial charge is 0.362 e. The van der Waals surface area contributed by atoms with Crippen molar-refractivity contribution in [2.45, 2.75) is 19.9 Å². The number of benzene rings is 1. The maximum atomic E-state index is 12.5. The smallest absolute Gasteiger partial charge is 0.267 e. The van der Waals surface area contributed by atoms with Gasteiger partial charge in [-0.25, -0.2) is 15.0 Å². The molecule has 0 bridgehead atoms. The van der Waals surface area contributed by atoms with Gasteiger partial charge in [0.25, 0.3) is 5.91 Å². The summed E-state index contributed by atoms with van der Waals surface area (Å²) in [5.41, 5.74) is 5.16. The number of H-pyrrole nitrogens is 1. The Morgan fingerprint density at radius 2 is 2.09 bits per heavy atom. The molecule has 0 radical (unpaired) electrons. The van der Waals surface area contributed by atoms with E-state index < -0.39 is 0 Å². The van der Waals surface area contributed by atoms with Gasteiger partial charge in [-0.1, -0.05) is 12.1 Å². The van der Waals surface area contributed by atoms with Gasteiger partial charge in [0.05, 0.1) is 29.6 Å². The van der Waals surface area contributed by atoms with Crippen molar-refractivity contribution in [3.63, 3.8) is 0 Å². The molecule has 0 aliphatic carbocycles. The van der Waals surface area contributed by atoms with Gasteiger partial charge in [0, 0.05) is 36.3 Å². The quantitative estimate of drug-likeness (QED) is 0.344. The summed E-state index contributed by atoms with van der Waals surface area (Å²) in [6, 6.07) is 7.69. The zero-order valence-corrected chi connectivity index (χ0v) is 19.1. The van der Waals surface area contributed by atoms with E-state index in [1.54, 1.807) is 23.3 Å². The number of aryl methyl sites for hydroxylation is 2. The van der Waals surface area contributed by atoms with E-state index in [1.807, 2.05) is 57.6 Å². The molecule has 4 heterocycles. The number of carbonyl (C=O) groups is 1. The first-order chi connectivity index (χ1) is 16.0. The van der Waals surface area contributed by atoms with Gasteiger partial charge in [-0.3, -0.25) is 9.48 Å². The molecule has 0 aliphatic rings. The van der Waals surface area contributed by atoms with Gasteiger partial charge in [-0.2, -0.15) is 5.10 Å².